The molecule has 1 fully saturated rings. The number of nitrogens with one attached hydrogen (secondary N) is 2. The Morgan fingerprint density at radius 1 is 1.35 bits per heavy atom. The Hall–Kier alpha value is -0.410. The van der Waals surface area contributed by atoms with Crippen molar-refractivity contribution in [2.75, 3.05) is 33.4 Å². The first-order chi connectivity index (χ1) is 12.2. The molecule has 0 radical (unpaired) electrons. The van der Waals surface area contributed by atoms with Crippen LogP contribution in [0, 0.1) is 12.3 Å². The lowest BCUT2D eigenvalue weighted by atomic mass is 9.67. The molecule has 1 aromatic rings. The maximum Gasteiger partial charge on any atom is 0.191 e. The summed E-state index contributed by atoms with van der Waals surface area (Å²) >= 11 is 1.77. The molecule has 0 saturated heterocycles. The zero-order chi connectivity index (χ0) is 18.0. The van der Waals surface area contributed by atoms with Gasteiger partial charge in [0.15, 0.2) is 5.96 Å². The molecule has 0 atom stereocenters. The van der Waals surface area contributed by atoms with Crippen LogP contribution in [0.25, 0.3) is 0 Å². The van der Waals surface area contributed by atoms with Gasteiger partial charge in [-0.25, -0.2) is 4.98 Å². The summed E-state index contributed by atoms with van der Waals surface area (Å²) in [5, 5.41) is 10.2. The number of thiazole rings is 1. The molecule has 0 amide bonds. The number of nitrogens with zero attached hydrogens (tertiary/aromatic N) is 2. The van der Waals surface area contributed by atoms with Gasteiger partial charge in [-0.3, -0.25) is 4.99 Å². The zero-order valence-corrected chi connectivity index (χ0v) is 19.6. The van der Waals surface area contributed by atoms with Crippen molar-refractivity contribution in [1.82, 2.24) is 15.6 Å². The molecule has 1 heterocycles. The molecular formula is C19H35IN4OS. The van der Waals surface area contributed by atoms with E-state index in [1.807, 2.05) is 0 Å². The normalized spacial score (nSPS) is 15.9. The van der Waals surface area contributed by atoms with Crippen LogP contribution in [0.4, 0.5) is 0 Å². The second-order valence-corrected chi connectivity index (χ2v) is 8.00. The number of guanidine groups is 1. The Morgan fingerprint density at radius 2 is 2.15 bits per heavy atom. The second kappa shape index (κ2) is 12.9. The summed E-state index contributed by atoms with van der Waals surface area (Å²) in [7, 11) is 1.79. The van der Waals surface area contributed by atoms with Crippen molar-refractivity contribution in [3.8, 4) is 0 Å². The van der Waals surface area contributed by atoms with E-state index < -0.39 is 0 Å². The number of aromatic nitrogens is 1. The van der Waals surface area contributed by atoms with E-state index in [9.17, 15) is 0 Å². The molecule has 1 aliphatic carbocycles. The van der Waals surface area contributed by atoms with Crippen molar-refractivity contribution < 1.29 is 4.74 Å². The van der Waals surface area contributed by atoms with Gasteiger partial charge in [0, 0.05) is 44.4 Å². The Labute approximate surface area is 179 Å². The number of aryl methyl sites for hydroxylation is 2. The maximum atomic E-state index is 5.27. The van der Waals surface area contributed by atoms with Gasteiger partial charge in [0.05, 0.1) is 5.01 Å². The molecule has 0 spiro atoms. The Morgan fingerprint density at radius 3 is 2.73 bits per heavy atom. The second-order valence-electron chi connectivity index (χ2n) is 7.06. The molecule has 0 unspecified atom stereocenters. The molecule has 0 bridgehead atoms. The van der Waals surface area contributed by atoms with E-state index in [4.69, 9.17) is 9.73 Å². The number of hydrogen-bond donors (Lipinski definition) is 2. The molecule has 7 heteroatoms. The summed E-state index contributed by atoms with van der Waals surface area (Å²) in [5.41, 5.74) is 1.51. The molecule has 150 valence electrons. The van der Waals surface area contributed by atoms with Crippen LogP contribution >= 0.6 is 35.3 Å². The van der Waals surface area contributed by atoms with E-state index >= 15 is 0 Å². The van der Waals surface area contributed by atoms with Crippen molar-refractivity contribution in [1.29, 1.82) is 0 Å². The first-order valence-corrected chi connectivity index (χ1v) is 10.5. The lowest BCUT2D eigenvalue weighted by Crippen LogP contribution is -2.40. The first kappa shape index (κ1) is 23.6. The van der Waals surface area contributed by atoms with Gasteiger partial charge in [-0.2, -0.15) is 0 Å². The van der Waals surface area contributed by atoms with E-state index in [2.05, 4.69) is 34.8 Å². The summed E-state index contributed by atoms with van der Waals surface area (Å²) in [6.07, 6.45) is 8.40. The van der Waals surface area contributed by atoms with E-state index in [-0.39, 0.29) is 24.0 Å². The highest BCUT2D eigenvalue weighted by Gasteiger charge is 2.36. The van der Waals surface area contributed by atoms with Gasteiger partial charge < -0.3 is 15.4 Å². The SMILES string of the molecule is CCNC(=NCC1(CCOC)CCC1)NCCCCc1nc(C)cs1.I. The summed E-state index contributed by atoms with van der Waals surface area (Å²) in [6, 6.07) is 0. The Kier molecular flexibility index (Phi) is 11.7. The lowest BCUT2D eigenvalue weighted by Gasteiger charge is -2.40. The minimum Gasteiger partial charge on any atom is -0.385 e. The van der Waals surface area contributed by atoms with E-state index in [1.165, 1.54) is 24.3 Å². The molecule has 2 rings (SSSR count). The fraction of sp³-hybridized carbons (Fsp3) is 0.789. The van der Waals surface area contributed by atoms with E-state index in [0.29, 0.717) is 5.41 Å². The van der Waals surface area contributed by atoms with Crippen LogP contribution in [0.3, 0.4) is 0 Å². The van der Waals surface area contributed by atoms with Crippen LogP contribution < -0.4 is 10.6 Å². The van der Waals surface area contributed by atoms with Crippen molar-refractivity contribution >= 4 is 41.3 Å². The standard InChI is InChI=1S/C19H34N4OS.HI/c1-4-20-18(22-15-19(9-7-10-19)11-13-24-3)21-12-6-5-8-17-23-16(2)14-25-17;/h14H,4-13,15H2,1-3H3,(H2,20,21,22);1H. The topological polar surface area (TPSA) is 58.5 Å². The Balaban J connectivity index is 0.00000338. The molecule has 0 aliphatic heterocycles. The maximum absolute atomic E-state index is 5.27. The molecule has 1 saturated carbocycles. The number of ether oxygens (including phenoxy) is 1. The monoisotopic (exact) mass is 494 g/mol. The van der Waals surface area contributed by atoms with E-state index in [0.717, 1.165) is 63.6 Å². The minimum atomic E-state index is 0. The third kappa shape index (κ3) is 8.08. The number of hydrogen-bond acceptors (Lipinski definition) is 4. The molecule has 1 aromatic heterocycles. The summed E-state index contributed by atoms with van der Waals surface area (Å²) in [5.74, 6) is 0.955. The molecule has 2 N–H and O–H groups in total. The highest BCUT2D eigenvalue weighted by Crippen LogP contribution is 2.44. The van der Waals surface area contributed by atoms with Crippen LogP contribution in [0.1, 0.15) is 56.2 Å². The summed E-state index contributed by atoms with van der Waals surface area (Å²) in [4.78, 5) is 9.37. The average molecular weight is 494 g/mol. The first-order valence-electron chi connectivity index (χ1n) is 9.59. The lowest BCUT2D eigenvalue weighted by molar-refractivity contribution is 0.0778. The average Bonchev–Trinajstić information content (AvgIpc) is 2.98. The van der Waals surface area contributed by atoms with Crippen molar-refractivity contribution in [2.24, 2.45) is 10.4 Å². The Bertz CT molecular complexity index is 531. The fourth-order valence-corrected chi connectivity index (χ4v) is 4.01. The number of rotatable bonds is 11. The van der Waals surface area contributed by atoms with Crippen LogP contribution in [-0.2, 0) is 11.2 Å². The molecule has 5 nitrogen and oxygen atoms in total. The molecular weight excluding hydrogens is 459 g/mol. The highest BCUT2D eigenvalue weighted by atomic mass is 127. The van der Waals surface area contributed by atoms with Gasteiger partial charge >= 0.3 is 0 Å². The predicted molar refractivity (Wildman–Crippen MR) is 122 cm³/mol. The van der Waals surface area contributed by atoms with E-state index in [1.54, 1.807) is 18.4 Å². The number of halogens is 1. The molecule has 0 aromatic carbocycles. The number of aliphatic imine (C=N–C) groups is 1. The largest absolute Gasteiger partial charge is 0.385 e. The van der Waals surface area contributed by atoms with Crippen LogP contribution in [0.5, 0.6) is 0 Å². The highest BCUT2D eigenvalue weighted by molar-refractivity contribution is 14.0. The molecule has 1 aliphatic rings. The van der Waals surface area contributed by atoms with Crippen molar-refractivity contribution in [2.45, 2.75) is 58.8 Å². The van der Waals surface area contributed by atoms with Gasteiger partial charge in [-0.1, -0.05) is 6.42 Å². The van der Waals surface area contributed by atoms with Gasteiger partial charge in [0.25, 0.3) is 0 Å². The zero-order valence-electron chi connectivity index (χ0n) is 16.5. The quantitative estimate of drug-likeness (QED) is 0.210. The fourth-order valence-electron chi connectivity index (χ4n) is 3.20. The smallest absolute Gasteiger partial charge is 0.191 e. The molecule has 26 heavy (non-hydrogen) atoms. The van der Waals surface area contributed by atoms with Gasteiger partial charge in [0.2, 0.25) is 0 Å². The summed E-state index contributed by atoms with van der Waals surface area (Å²) < 4.78 is 5.27. The van der Waals surface area contributed by atoms with Crippen LogP contribution in [0.2, 0.25) is 0 Å². The summed E-state index contributed by atoms with van der Waals surface area (Å²) in [6.45, 7) is 7.78. The number of methoxy groups -OCH3 is 1. The van der Waals surface area contributed by atoms with Crippen LogP contribution in [-0.4, -0.2) is 44.3 Å². The van der Waals surface area contributed by atoms with Crippen molar-refractivity contribution in [3.63, 3.8) is 0 Å². The van der Waals surface area contributed by atoms with Crippen molar-refractivity contribution in [3.05, 3.63) is 16.1 Å². The third-order valence-corrected chi connectivity index (χ3v) is 5.97. The van der Waals surface area contributed by atoms with Gasteiger partial charge in [-0.05, 0) is 57.8 Å². The minimum absolute atomic E-state index is 0. The third-order valence-electron chi connectivity index (χ3n) is 4.94. The van der Waals surface area contributed by atoms with Crippen LogP contribution in [0.15, 0.2) is 10.4 Å². The van der Waals surface area contributed by atoms with Gasteiger partial charge in [-0.15, -0.1) is 35.3 Å². The van der Waals surface area contributed by atoms with Gasteiger partial charge in [0.1, 0.15) is 0 Å². The predicted octanol–water partition coefficient (Wildman–Crippen LogP) is 4.15. The number of unbranched alkanes of at least 4 members (excludes halogenated alkanes) is 1.